The molecule has 0 amide bonds. The fourth-order valence-electron chi connectivity index (χ4n) is 0.499. The van der Waals surface area contributed by atoms with E-state index in [4.69, 9.17) is 5.26 Å². The average molecular weight is 138 g/mol. The summed E-state index contributed by atoms with van der Waals surface area (Å²) in [5.41, 5.74) is -0.0787. The standard InChI is InChI=1S/C4H2N4O2/c5-1-4-2-6-3-7(4)8(9)10/h2-3H. The van der Waals surface area contributed by atoms with Crippen LogP contribution in [0.25, 0.3) is 0 Å². The normalized spacial score (nSPS) is 8.70. The van der Waals surface area contributed by atoms with Gasteiger partial charge >= 0.3 is 0 Å². The molecule has 0 radical (unpaired) electrons. The molecule has 1 rings (SSSR count). The zero-order valence-electron chi connectivity index (χ0n) is 4.76. The molecule has 6 nitrogen and oxygen atoms in total. The molecule has 0 aromatic carbocycles. The Morgan fingerprint density at radius 1 is 1.90 bits per heavy atom. The van der Waals surface area contributed by atoms with Gasteiger partial charge in [-0.3, -0.25) is 0 Å². The number of nitriles is 1. The van der Waals surface area contributed by atoms with Gasteiger partial charge in [-0.15, -0.1) is 0 Å². The fourth-order valence-corrected chi connectivity index (χ4v) is 0.499. The lowest BCUT2D eigenvalue weighted by atomic mass is 10.5. The second kappa shape index (κ2) is 2.14. The minimum atomic E-state index is -0.717. The van der Waals surface area contributed by atoms with Crippen LogP contribution in [0.1, 0.15) is 5.69 Å². The van der Waals surface area contributed by atoms with Crippen LogP contribution in [-0.2, 0) is 0 Å². The van der Waals surface area contributed by atoms with Crippen molar-refractivity contribution >= 4 is 0 Å². The Kier molecular flexibility index (Phi) is 1.33. The molecule has 0 spiro atoms. The van der Waals surface area contributed by atoms with E-state index in [2.05, 4.69) is 4.98 Å². The van der Waals surface area contributed by atoms with Crippen molar-refractivity contribution in [1.82, 2.24) is 9.66 Å². The number of hydrogen-bond donors (Lipinski definition) is 0. The van der Waals surface area contributed by atoms with Gasteiger partial charge in [0.25, 0.3) is 0 Å². The molecule has 0 fully saturated rings. The van der Waals surface area contributed by atoms with Gasteiger partial charge in [0, 0.05) is 0 Å². The Morgan fingerprint density at radius 2 is 2.60 bits per heavy atom. The molecule has 6 heteroatoms. The van der Waals surface area contributed by atoms with Crippen LogP contribution in [0.4, 0.5) is 0 Å². The van der Waals surface area contributed by atoms with Gasteiger partial charge in [0.1, 0.15) is 6.07 Å². The van der Waals surface area contributed by atoms with Crippen LogP contribution in [0.2, 0.25) is 0 Å². The summed E-state index contributed by atoms with van der Waals surface area (Å²) in [5.74, 6) is 0. The van der Waals surface area contributed by atoms with E-state index in [1.165, 1.54) is 0 Å². The van der Waals surface area contributed by atoms with Crippen molar-refractivity contribution in [2.75, 3.05) is 0 Å². The summed E-state index contributed by atoms with van der Waals surface area (Å²) in [5, 5.41) is 17.5. The molecule has 0 unspecified atom stereocenters. The number of rotatable bonds is 1. The van der Waals surface area contributed by atoms with Gasteiger partial charge in [0.15, 0.2) is 11.4 Å². The lowest BCUT2D eigenvalue weighted by Gasteiger charge is -1.86. The number of nitro groups is 1. The van der Waals surface area contributed by atoms with Crippen molar-refractivity contribution in [3.05, 3.63) is 28.3 Å². The molecule has 1 heterocycles. The first-order valence-corrected chi connectivity index (χ1v) is 2.33. The monoisotopic (exact) mass is 138 g/mol. The highest BCUT2D eigenvalue weighted by molar-refractivity contribution is 5.15. The van der Waals surface area contributed by atoms with Gasteiger partial charge in [-0.25, -0.2) is 15.1 Å². The summed E-state index contributed by atoms with van der Waals surface area (Å²) >= 11 is 0. The molecular weight excluding hydrogens is 136 g/mol. The van der Waals surface area contributed by atoms with Crippen LogP contribution in [-0.4, -0.2) is 14.7 Å². The van der Waals surface area contributed by atoms with Crippen molar-refractivity contribution < 1.29 is 5.03 Å². The maximum absolute atomic E-state index is 10.0. The van der Waals surface area contributed by atoms with Crippen LogP contribution in [0.3, 0.4) is 0 Å². The minimum Gasteiger partial charge on any atom is -0.237 e. The molecule has 0 saturated heterocycles. The van der Waals surface area contributed by atoms with Crippen LogP contribution in [0.15, 0.2) is 12.5 Å². The average Bonchev–Trinajstić information content (AvgIpc) is 2.33. The molecule has 1 aromatic rings. The van der Waals surface area contributed by atoms with Gasteiger partial charge in [-0.05, 0) is 4.68 Å². The molecule has 10 heavy (non-hydrogen) atoms. The SMILES string of the molecule is N#Cc1cncn1[N+](=O)[O-]. The van der Waals surface area contributed by atoms with Gasteiger partial charge in [0.05, 0.1) is 6.20 Å². The minimum absolute atomic E-state index is 0.0787. The fraction of sp³-hybridized carbons (Fsp3) is 0. The van der Waals surface area contributed by atoms with E-state index in [0.29, 0.717) is 4.68 Å². The van der Waals surface area contributed by atoms with Crippen molar-refractivity contribution in [3.63, 3.8) is 0 Å². The smallest absolute Gasteiger partial charge is 0.207 e. The molecule has 0 atom stereocenters. The van der Waals surface area contributed by atoms with Crippen molar-refractivity contribution in [1.29, 1.82) is 5.26 Å². The highest BCUT2D eigenvalue weighted by Crippen LogP contribution is 1.93. The predicted molar refractivity (Wildman–Crippen MR) is 29.3 cm³/mol. The highest BCUT2D eigenvalue weighted by Gasteiger charge is 2.07. The molecule has 0 aliphatic rings. The Bertz CT molecular complexity index is 296. The molecule has 0 N–H and O–H groups in total. The third-order valence-electron chi connectivity index (χ3n) is 0.910. The Hall–Kier alpha value is -1.90. The predicted octanol–water partition coefficient (Wildman–Crippen LogP) is -0.205. The number of aromatic nitrogens is 2. The first-order chi connectivity index (χ1) is 4.75. The van der Waals surface area contributed by atoms with Gasteiger partial charge in [-0.1, -0.05) is 0 Å². The van der Waals surface area contributed by atoms with E-state index >= 15 is 0 Å². The Labute approximate surface area is 55.5 Å². The summed E-state index contributed by atoms with van der Waals surface area (Å²) in [6.07, 6.45) is 2.10. The maximum atomic E-state index is 10.0. The molecule has 0 bridgehead atoms. The zero-order valence-corrected chi connectivity index (χ0v) is 4.76. The summed E-state index contributed by atoms with van der Waals surface area (Å²) in [7, 11) is 0. The van der Waals surface area contributed by atoms with E-state index in [-0.39, 0.29) is 5.69 Å². The van der Waals surface area contributed by atoms with Crippen LogP contribution in [0.5, 0.6) is 0 Å². The molecular formula is C4H2N4O2. The molecule has 50 valence electrons. The van der Waals surface area contributed by atoms with Crippen LogP contribution < -0.4 is 0 Å². The summed E-state index contributed by atoms with van der Waals surface area (Å²) in [4.78, 5) is 13.4. The second-order valence-corrected chi connectivity index (χ2v) is 1.47. The van der Waals surface area contributed by atoms with Crippen molar-refractivity contribution in [3.8, 4) is 6.07 Å². The second-order valence-electron chi connectivity index (χ2n) is 1.47. The van der Waals surface area contributed by atoms with Crippen LogP contribution >= 0.6 is 0 Å². The van der Waals surface area contributed by atoms with Crippen molar-refractivity contribution in [2.24, 2.45) is 0 Å². The summed E-state index contributed by atoms with van der Waals surface area (Å²) < 4.78 is 0.556. The van der Waals surface area contributed by atoms with E-state index < -0.39 is 5.03 Å². The molecule has 0 saturated carbocycles. The lowest BCUT2D eigenvalue weighted by Crippen LogP contribution is -2.08. The third kappa shape index (κ3) is 0.798. The van der Waals surface area contributed by atoms with E-state index in [1.807, 2.05) is 0 Å². The van der Waals surface area contributed by atoms with Crippen LogP contribution in [0, 0.1) is 21.4 Å². The number of hydrogen-bond acceptors (Lipinski definition) is 4. The van der Waals surface area contributed by atoms with Crippen molar-refractivity contribution in [2.45, 2.75) is 0 Å². The molecule has 1 aromatic heterocycles. The largest absolute Gasteiger partial charge is 0.237 e. The topological polar surface area (TPSA) is 84.8 Å². The van der Waals surface area contributed by atoms with Gasteiger partial charge in [-0.2, -0.15) is 5.26 Å². The zero-order chi connectivity index (χ0) is 7.56. The third-order valence-corrected chi connectivity index (χ3v) is 0.910. The number of nitrogens with zero attached hydrogens (tertiary/aromatic N) is 4. The van der Waals surface area contributed by atoms with E-state index in [1.54, 1.807) is 6.07 Å². The maximum Gasteiger partial charge on any atom is 0.207 e. The van der Waals surface area contributed by atoms with E-state index in [9.17, 15) is 10.1 Å². The first-order valence-electron chi connectivity index (χ1n) is 2.33. The van der Waals surface area contributed by atoms with Gasteiger partial charge in [0.2, 0.25) is 5.69 Å². The lowest BCUT2D eigenvalue weighted by molar-refractivity contribution is -0.542. The summed E-state index contributed by atoms with van der Waals surface area (Å²) in [6.45, 7) is 0. The van der Waals surface area contributed by atoms with Gasteiger partial charge < -0.3 is 0 Å². The first kappa shape index (κ1) is 6.22. The Morgan fingerprint density at radius 3 is 3.00 bits per heavy atom. The number of imidazole rings is 1. The molecule has 0 aliphatic carbocycles. The summed E-state index contributed by atoms with van der Waals surface area (Å²) in [6, 6.07) is 1.62. The van der Waals surface area contributed by atoms with E-state index in [0.717, 1.165) is 12.5 Å². The quantitative estimate of drug-likeness (QED) is 0.397. The highest BCUT2D eigenvalue weighted by atomic mass is 16.7. The Balaban J connectivity index is 3.17. The molecule has 0 aliphatic heterocycles.